The zero-order chi connectivity index (χ0) is 15.1. The molecule has 1 saturated heterocycles. The van der Waals surface area contributed by atoms with Gasteiger partial charge in [-0.1, -0.05) is 11.8 Å². The van der Waals surface area contributed by atoms with Crippen LogP contribution in [0.5, 0.6) is 0 Å². The first-order valence-corrected chi connectivity index (χ1v) is 7.09. The summed E-state index contributed by atoms with van der Waals surface area (Å²) < 4.78 is 5.45. The minimum Gasteiger partial charge on any atom is -0.384 e. The van der Waals surface area contributed by atoms with Crippen LogP contribution < -0.4 is 0 Å². The zero-order valence-corrected chi connectivity index (χ0v) is 12.2. The summed E-state index contributed by atoms with van der Waals surface area (Å²) in [6.07, 6.45) is 5.27. The number of amides is 1. The van der Waals surface area contributed by atoms with Crippen molar-refractivity contribution in [1.29, 1.82) is 0 Å². The fourth-order valence-corrected chi connectivity index (χ4v) is 2.44. The molecule has 0 radical (unpaired) electrons. The number of hydrogen-bond donors (Lipinski definition) is 1. The van der Waals surface area contributed by atoms with Crippen LogP contribution in [-0.2, 0) is 4.74 Å². The highest BCUT2D eigenvalue weighted by Gasteiger charge is 2.20. The van der Waals surface area contributed by atoms with Crippen LogP contribution in [0.2, 0.25) is 0 Å². The molecule has 0 aliphatic carbocycles. The van der Waals surface area contributed by atoms with E-state index in [2.05, 4.69) is 16.8 Å². The number of ether oxygens (including phenoxy) is 1. The van der Waals surface area contributed by atoms with Crippen molar-refractivity contribution in [2.45, 2.75) is 12.8 Å². The number of aliphatic hydroxyl groups excluding tert-OH is 1. The van der Waals surface area contributed by atoms with Crippen LogP contribution in [0.4, 0.5) is 0 Å². The Kier molecular flexibility index (Phi) is 5.73. The molecule has 1 aromatic heterocycles. The molecule has 112 valence electrons. The lowest BCUT2D eigenvalue weighted by Gasteiger charge is -2.27. The molecule has 5 heteroatoms. The number of aromatic nitrogens is 1. The molecule has 1 atom stereocenters. The van der Waals surface area contributed by atoms with Crippen LogP contribution in [0.1, 0.15) is 28.8 Å². The van der Waals surface area contributed by atoms with Gasteiger partial charge in [-0.15, -0.1) is 0 Å². The van der Waals surface area contributed by atoms with Crippen molar-refractivity contribution in [2.24, 2.45) is 5.92 Å². The maximum Gasteiger partial charge on any atom is 0.254 e. The first kappa shape index (κ1) is 15.5. The molecule has 1 N–H and O–H groups in total. The fraction of sp³-hybridized carbons (Fsp3) is 0.500. The van der Waals surface area contributed by atoms with Crippen LogP contribution in [0, 0.1) is 17.8 Å². The van der Waals surface area contributed by atoms with Gasteiger partial charge in [-0.25, -0.2) is 0 Å². The number of pyridine rings is 1. The van der Waals surface area contributed by atoms with Crippen molar-refractivity contribution >= 4 is 5.91 Å². The molecule has 0 bridgehead atoms. The Hall–Kier alpha value is -1.90. The number of hydrogen-bond acceptors (Lipinski definition) is 4. The van der Waals surface area contributed by atoms with Crippen LogP contribution in [0.25, 0.3) is 0 Å². The summed E-state index contributed by atoms with van der Waals surface area (Å²) in [5.41, 5.74) is 1.06. The van der Waals surface area contributed by atoms with E-state index in [0.29, 0.717) is 30.2 Å². The molecule has 1 fully saturated rings. The average Bonchev–Trinajstić information content (AvgIpc) is 2.53. The lowest BCUT2D eigenvalue weighted by Crippen LogP contribution is -2.35. The van der Waals surface area contributed by atoms with Gasteiger partial charge in [0, 0.05) is 32.6 Å². The smallest absolute Gasteiger partial charge is 0.254 e. The predicted molar refractivity (Wildman–Crippen MR) is 78.7 cm³/mol. The molecular weight excluding hydrogens is 268 g/mol. The minimum atomic E-state index is -0.238. The van der Waals surface area contributed by atoms with Gasteiger partial charge in [0.1, 0.15) is 6.61 Å². The Labute approximate surface area is 124 Å². The number of carbonyl (C=O) groups is 1. The molecule has 1 unspecified atom stereocenters. The van der Waals surface area contributed by atoms with Crippen LogP contribution in [0.3, 0.4) is 0 Å². The molecule has 0 saturated carbocycles. The fourth-order valence-electron chi connectivity index (χ4n) is 2.44. The van der Waals surface area contributed by atoms with E-state index in [1.165, 1.54) is 0 Å². The first-order valence-electron chi connectivity index (χ1n) is 7.09. The minimum absolute atomic E-state index is 0.0785. The van der Waals surface area contributed by atoms with Gasteiger partial charge >= 0.3 is 0 Å². The second-order valence-electron chi connectivity index (χ2n) is 5.15. The summed E-state index contributed by atoms with van der Waals surface area (Å²) in [4.78, 5) is 18.2. The highest BCUT2D eigenvalue weighted by Crippen LogP contribution is 2.16. The van der Waals surface area contributed by atoms with Gasteiger partial charge in [-0.3, -0.25) is 9.78 Å². The Morgan fingerprint density at radius 2 is 2.48 bits per heavy atom. The quantitative estimate of drug-likeness (QED) is 0.840. The standard InChI is InChI=1S/C16H20N2O3/c1-18(11-13-4-3-9-21-12-13)16(20)15-6-7-17-10-14(15)5-2-8-19/h6-7,10,13,19H,3-4,8-9,11-12H2,1H3. The van der Waals surface area contributed by atoms with E-state index in [9.17, 15) is 4.79 Å². The lowest BCUT2D eigenvalue weighted by molar-refractivity contribution is 0.0388. The summed E-state index contributed by atoms with van der Waals surface area (Å²) in [5, 5.41) is 8.78. The van der Waals surface area contributed by atoms with Gasteiger partial charge in [-0.2, -0.15) is 0 Å². The van der Waals surface area contributed by atoms with Crippen molar-refractivity contribution in [3.63, 3.8) is 0 Å². The summed E-state index contributed by atoms with van der Waals surface area (Å²) in [6.45, 7) is 1.97. The normalized spacial score (nSPS) is 17.7. The molecule has 1 aliphatic heterocycles. The average molecular weight is 288 g/mol. The van der Waals surface area contributed by atoms with E-state index in [4.69, 9.17) is 9.84 Å². The molecule has 2 rings (SSSR count). The summed E-state index contributed by atoms with van der Waals surface area (Å²) in [5.74, 6) is 5.63. The number of rotatable bonds is 3. The van der Waals surface area contributed by atoms with E-state index in [0.717, 1.165) is 19.4 Å². The topological polar surface area (TPSA) is 62.7 Å². The number of aliphatic hydroxyl groups is 1. The molecule has 1 aromatic rings. The highest BCUT2D eigenvalue weighted by molar-refractivity contribution is 5.96. The van der Waals surface area contributed by atoms with Crippen molar-refractivity contribution in [2.75, 3.05) is 33.4 Å². The second kappa shape index (κ2) is 7.77. The monoisotopic (exact) mass is 288 g/mol. The summed E-state index contributed by atoms with van der Waals surface area (Å²) >= 11 is 0. The third kappa shape index (κ3) is 4.28. The van der Waals surface area contributed by atoms with Crippen LogP contribution in [-0.4, -0.2) is 54.3 Å². The zero-order valence-electron chi connectivity index (χ0n) is 12.2. The first-order chi connectivity index (χ1) is 10.2. The molecular formula is C16H20N2O3. The van der Waals surface area contributed by atoms with Gasteiger partial charge in [0.15, 0.2) is 0 Å². The second-order valence-corrected chi connectivity index (χ2v) is 5.15. The SMILES string of the molecule is CN(CC1CCCOC1)C(=O)c1ccncc1C#CCO. The summed E-state index contributed by atoms with van der Waals surface area (Å²) in [7, 11) is 1.79. The van der Waals surface area contributed by atoms with E-state index in [1.54, 1.807) is 30.4 Å². The van der Waals surface area contributed by atoms with Gasteiger partial charge in [0.2, 0.25) is 0 Å². The third-order valence-electron chi connectivity index (χ3n) is 3.49. The van der Waals surface area contributed by atoms with Gasteiger partial charge in [0.25, 0.3) is 5.91 Å². The van der Waals surface area contributed by atoms with Crippen molar-refractivity contribution < 1.29 is 14.6 Å². The van der Waals surface area contributed by atoms with Crippen molar-refractivity contribution in [3.05, 3.63) is 29.6 Å². The highest BCUT2D eigenvalue weighted by atomic mass is 16.5. The van der Waals surface area contributed by atoms with Gasteiger partial charge in [0.05, 0.1) is 17.7 Å². The van der Waals surface area contributed by atoms with E-state index in [1.807, 2.05) is 0 Å². The Bertz CT molecular complexity index is 542. The molecule has 0 spiro atoms. The predicted octanol–water partition coefficient (Wildman–Crippen LogP) is 0.924. The number of nitrogens with zero attached hydrogens (tertiary/aromatic N) is 2. The maximum absolute atomic E-state index is 12.5. The molecule has 21 heavy (non-hydrogen) atoms. The van der Waals surface area contributed by atoms with Crippen LogP contribution >= 0.6 is 0 Å². The Morgan fingerprint density at radius 1 is 1.62 bits per heavy atom. The lowest BCUT2D eigenvalue weighted by atomic mass is 10.0. The number of carbonyl (C=O) groups excluding carboxylic acids is 1. The molecule has 1 aliphatic rings. The summed E-state index contributed by atoms with van der Waals surface area (Å²) in [6, 6.07) is 1.66. The molecule has 1 amide bonds. The van der Waals surface area contributed by atoms with E-state index < -0.39 is 0 Å². The Morgan fingerprint density at radius 3 is 3.19 bits per heavy atom. The largest absolute Gasteiger partial charge is 0.384 e. The molecule has 5 nitrogen and oxygen atoms in total. The third-order valence-corrected chi connectivity index (χ3v) is 3.49. The van der Waals surface area contributed by atoms with Gasteiger partial charge in [-0.05, 0) is 24.8 Å². The Balaban J connectivity index is 2.08. The van der Waals surface area contributed by atoms with Gasteiger partial charge < -0.3 is 14.7 Å². The maximum atomic E-state index is 12.5. The van der Waals surface area contributed by atoms with E-state index in [-0.39, 0.29) is 12.5 Å². The van der Waals surface area contributed by atoms with Crippen LogP contribution in [0.15, 0.2) is 18.5 Å². The van der Waals surface area contributed by atoms with E-state index >= 15 is 0 Å². The van der Waals surface area contributed by atoms with Crippen molar-refractivity contribution in [1.82, 2.24) is 9.88 Å². The van der Waals surface area contributed by atoms with Crippen molar-refractivity contribution in [3.8, 4) is 11.8 Å². The molecule has 2 heterocycles. The molecule has 0 aromatic carbocycles.